The van der Waals surface area contributed by atoms with Crippen molar-refractivity contribution in [1.29, 1.82) is 0 Å². The van der Waals surface area contributed by atoms with Crippen LogP contribution in [0.5, 0.6) is 5.75 Å². The van der Waals surface area contributed by atoms with Gasteiger partial charge in [0.15, 0.2) is 0 Å². The molecule has 0 radical (unpaired) electrons. The molecule has 1 saturated heterocycles. The Labute approximate surface area is 176 Å². The zero-order valence-electron chi connectivity index (χ0n) is 17.7. The summed E-state index contributed by atoms with van der Waals surface area (Å²) in [6, 6.07) is 12.8. The van der Waals surface area contributed by atoms with Crippen LogP contribution in [0.1, 0.15) is 36.6 Å². The van der Waals surface area contributed by atoms with Gasteiger partial charge >= 0.3 is 0 Å². The lowest BCUT2D eigenvalue weighted by molar-refractivity contribution is -0.121. The molecule has 2 heterocycles. The number of piperidine rings is 1. The summed E-state index contributed by atoms with van der Waals surface area (Å²) in [5.74, 6) is 0.450. The van der Waals surface area contributed by atoms with Crippen LogP contribution in [0.15, 0.2) is 42.5 Å². The first kappa shape index (κ1) is 20.4. The number of aromatic amines is 1. The molecule has 1 aliphatic rings. The Morgan fingerprint density at radius 2 is 1.97 bits per heavy atom. The average molecular weight is 410 g/mol. The van der Waals surface area contributed by atoms with Gasteiger partial charge in [-0.1, -0.05) is 18.2 Å². The Kier molecular flexibility index (Phi) is 5.52. The van der Waals surface area contributed by atoms with Crippen LogP contribution < -0.4 is 10.1 Å². The maximum atomic E-state index is 14.6. The lowest BCUT2D eigenvalue weighted by Crippen LogP contribution is -2.52. The van der Waals surface area contributed by atoms with Crippen molar-refractivity contribution in [3.63, 3.8) is 0 Å². The number of nitrogens with zero attached hydrogens (tertiary/aromatic N) is 1. The number of likely N-dealkylation sites (tertiary alicyclic amines) is 1. The third-order valence-corrected chi connectivity index (χ3v) is 6.27. The predicted molar refractivity (Wildman–Crippen MR) is 116 cm³/mol. The van der Waals surface area contributed by atoms with Gasteiger partial charge in [0.1, 0.15) is 11.6 Å². The number of hydrogen-bond donors (Lipinski definition) is 2. The number of carbonyl (C=O) groups is 1. The first-order valence-corrected chi connectivity index (χ1v) is 10.3. The number of methoxy groups -OCH3 is 1. The fraction of sp³-hybridized carbons (Fsp3) is 0.375. The highest BCUT2D eigenvalue weighted by atomic mass is 19.1. The zero-order chi connectivity index (χ0) is 21.3. The number of rotatable bonds is 5. The number of aromatic nitrogens is 1. The molecule has 0 aliphatic carbocycles. The summed E-state index contributed by atoms with van der Waals surface area (Å²) >= 11 is 0. The van der Waals surface area contributed by atoms with Gasteiger partial charge in [-0.2, -0.15) is 0 Å². The molecule has 3 aromatic rings. The fourth-order valence-corrected chi connectivity index (χ4v) is 4.61. The van der Waals surface area contributed by atoms with E-state index in [-0.39, 0.29) is 11.7 Å². The molecule has 0 saturated carbocycles. The van der Waals surface area contributed by atoms with Crippen molar-refractivity contribution in [3.05, 3.63) is 65.1 Å². The molecule has 0 unspecified atom stereocenters. The number of hydrogen-bond acceptors (Lipinski definition) is 3. The van der Waals surface area contributed by atoms with Crippen LogP contribution in [-0.4, -0.2) is 36.0 Å². The lowest BCUT2D eigenvalue weighted by Gasteiger charge is -2.42. The molecule has 0 spiro atoms. The van der Waals surface area contributed by atoms with Crippen molar-refractivity contribution in [2.75, 3.05) is 20.2 Å². The number of carbonyl (C=O) groups excluding carboxylic acids is 1. The van der Waals surface area contributed by atoms with E-state index in [0.717, 1.165) is 30.9 Å². The van der Waals surface area contributed by atoms with Crippen molar-refractivity contribution >= 4 is 16.8 Å². The summed E-state index contributed by atoms with van der Waals surface area (Å²) in [5, 5.41) is 4.22. The molecule has 1 amide bonds. The number of halogens is 1. The molecule has 4 rings (SSSR count). The Bertz CT molecular complexity index is 1070. The van der Waals surface area contributed by atoms with Gasteiger partial charge in [0.05, 0.1) is 12.6 Å². The number of nitrogens with one attached hydrogen (secondary N) is 2. The number of H-pyrrole nitrogens is 1. The van der Waals surface area contributed by atoms with E-state index in [2.05, 4.69) is 28.2 Å². The molecular weight excluding hydrogens is 381 g/mol. The molecule has 0 atom stereocenters. The third-order valence-electron chi connectivity index (χ3n) is 6.27. The maximum absolute atomic E-state index is 14.6. The third kappa shape index (κ3) is 3.79. The van der Waals surface area contributed by atoms with Crippen molar-refractivity contribution in [2.45, 2.75) is 38.8 Å². The molecule has 2 aromatic carbocycles. The normalized spacial score (nSPS) is 16.5. The van der Waals surface area contributed by atoms with E-state index >= 15 is 0 Å². The van der Waals surface area contributed by atoms with Crippen LogP contribution in [0.4, 0.5) is 4.39 Å². The Morgan fingerprint density at radius 1 is 1.23 bits per heavy atom. The van der Waals surface area contributed by atoms with Crippen LogP contribution in [0.3, 0.4) is 0 Å². The first-order chi connectivity index (χ1) is 14.4. The number of fused-ring (bicyclic) bond motifs is 1. The number of aryl methyl sites for hydroxylation is 1. The van der Waals surface area contributed by atoms with Crippen LogP contribution >= 0.6 is 0 Å². The molecule has 5 nitrogen and oxygen atoms in total. The highest BCUT2D eigenvalue weighted by Gasteiger charge is 2.38. The Morgan fingerprint density at radius 3 is 2.63 bits per heavy atom. The average Bonchev–Trinajstić information content (AvgIpc) is 3.04. The molecule has 2 N–H and O–H groups in total. The van der Waals surface area contributed by atoms with E-state index in [0.29, 0.717) is 18.4 Å². The summed E-state index contributed by atoms with van der Waals surface area (Å²) in [4.78, 5) is 17.8. The molecule has 158 valence electrons. The van der Waals surface area contributed by atoms with Crippen LogP contribution in [0.25, 0.3) is 10.9 Å². The topological polar surface area (TPSA) is 57.4 Å². The standard InChI is InChI=1S/C24H28FN3O2/c1-16-19-14-18(30-3)8-9-22(19)26-23(16)15-28-12-10-24(11-13-28,27-17(2)29)20-6-4-5-7-21(20)25/h4-9,14,26H,10-13,15H2,1-3H3,(H,27,29). The zero-order valence-corrected chi connectivity index (χ0v) is 17.7. The largest absolute Gasteiger partial charge is 0.497 e. The smallest absolute Gasteiger partial charge is 0.217 e. The SMILES string of the molecule is COc1ccc2[nH]c(CN3CCC(NC(C)=O)(c4ccccc4F)CC3)c(C)c2c1. The van der Waals surface area contributed by atoms with Gasteiger partial charge in [0, 0.05) is 48.7 Å². The van der Waals surface area contributed by atoms with Gasteiger partial charge in [-0.15, -0.1) is 0 Å². The van der Waals surface area contributed by atoms with Crippen molar-refractivity contribution in [1.82, 2.24) is 15.2 Å². The van der Waals surface area contributed by atoms with E-state index in [1.807, 2.05) is 18.2 Å². The molecular formula is C24H28FN3O2. The van der Waals surface area contributed by atoms with Gasteiger partial charge in [-0.05, 0) is 49.6 Å². The lowest BCUT2D eigenvalue weighted by atomic mass is 9.80. The van der Waals surface area contributed by atoms with E-state index in [1.165, 1.54) is 29.6 Å². The summed E-state index contributed by atoms with van der Waals surface area (Å²) in [5.41, 5.74) is 3.41. The summed E-state index contributed by atoms with van der Waals surface area (Å²) < 4.78 is 19.9. The van der Waals surface area contributed by atoms with E-state index < -0.39 is 5.54 Å². The fourth-order valence-electron chi connectivity index (χ4n) is 4.61. The number of benzene rings is 2. The monoisotopic (exact) mass is 409 g/mol. The van der Waals surface area contributed by atoms with Crippen molar-refractivity contribution in [2.24, 2.45) is 0 Å². The second kappa shape index (κ2) is 8.11. The molecule has 1 fully saturated rings. The first-order valence-electron chi connectivity index (χ1n) is 10.3. The second-order valence-corrected chi connectivity index (χ2v) is 8.16. The van der Waals surface area contributed by atoms with E-state index in [4.69, 9.17) is 4.74 Å². The highest BCUT2D eigenvalue weighted by molar-refractivity contribution is 5.85. The van der Waals surface area contributed by atoms with Crippen molar-refractivity contribution in [3.8, 4) is 5.75 Å². The van der Waals surface area contributed by atoms with Gasteiger partial charge < -0.3 is 15.0 Å². The molecule has 1 aromatic heterocycles. The molecule has 1 aliphatic heterocycles. The van der Waals surface area contributed by atoms with Crippen molar-refractivity contribution < 1.29 is 13.9 Å². The maximum Gasteiger partial charge on any atom is 0.217 e. The minimum absolute atomic E-state index is 0.132. The van der Waals surface area contributed by atoms with Crippen LogP contribution in [0, 0.1) is 12.7 Å². The minimum Gasteiger partial charge on any atom is -0.497 e. The summed E-state index contributed by atoms with van der Waals surface area (Å²) in [6.07, 6.45) is 1.33. The van der Waals surface area contributed by atoms with Gasteiger partial charge in [0.25, 0.3) is 0 Å². The Hall–Kier alpha value is -2.86. The highest BCUT2D eigenvalue weighted by Crippen LogP contribution is 2.35. The van der Waals surface area contributed by atoms with E-state index in [9.17, 15) is 9.18 Å². The number of ether oxygens (including phenoxy) is 1. The molecule has 30 heavy (non-hydrogen) atoms. The van der Waals surface area contributed by atoms with E-state index in [1.54, 1.807) is 19.2 Å². The minimum atomic E-state index is -0.656. The quantitative estimate of drug-likeness (QED) is 0.662. The van der Waals surface area contributed by atoms with Crippen LogP contribution in [-0.2, 0) is 16.9 Å². The molecule has 0 bridgehead atoms. The number of amides is 1. The van der Waals surface area contributed by atoms with Gasteiger partial charge in [0.2, 0.25) is 5.91 Å². The summed E-state index contributed by atoms with van der Waals surface area (Å²) in [6.45, 7) is 5.95. The molecule has 6 heteroatoms. The Balaban J connectivity index is 1.53. The summed E-state index contributed by atoms with van der Waals surface area (Å²) in [7, 11) is 1.68. The second-order valence-electron chi connectivity index (χ2n) is 8.16. The van der Waals surface area contributed by atoms with Crippen LogP contribution in [0.2, 0.25) is 0 Å². The van der Waals surface area contributed by atoms with Gasteiger partial charge in [-0.3, -0.25) is 9.69 Å². The predicted octanol–water partition coefficient (Wildman–Crippen LogP) is 4.25. The van der Waals surface area contributed by atoms with Gasteiger partial charge in [-0.25, -0.2) is 4.39 Å².